The number of carbonyl (C=O) groups is 1. The van der Waals surface area contributed by atoms with Crippen LogP contribution in [0, 0.1) is 0 Å². The summed E-state index contributed by atoms with van der Waals surface area (Å²) < 4.78 is 36.8. The number of rotatable bonds is 3. The van der Waals surface area contributed by atoms with Gasteiger partial charge in [0.2, 0.25) is 17.7 Å². The van der Waals surface area contributed by atoms with Crippen molar-refractivity contribution in [3.8, 4) is 0 Å². The Balaban J connectivity index is 1.86. The van der Waals surface area contributed by atoms with Crippen molar-refractivity contribution >= 4 is 23.6 Å². The van der Waals surface area contributed by atoms with Gasteiger partial charge in [0.05, 0.1) is 0 Å². The number of halogens is 3. The van der Waals surface area contributed by atoms with Crippen molar-refractivity contribution < 1.29 is 18.0 Å². The molecule has 1 aliphatic rings. The molecule has 1 aromatic rings. The molecule has 10 heteroatoms. The quantitative estimate of drug-likeness (QED) is 0.770. The zero-order valence-electron chi connectivity index (χ0n) is 9.75. The van der Waals surface area contributed by atoms with Gasteiger partial charge in [-0.25, -0.2) is 0 Å². The first-order chi connectivity index (χ1) is 8.95. The van der Waals surface area contributed by atoms with Crippen molar-refractivity contribution in [1.29, 1.82) is 0 Å². The number of carbonyl (C=O) groups excluding carboxylic acids is 1. The van der Waals surface area contributed by atoms with Gasteiger partial charge in [-0.2, -0.15) is 29.9 Å². The summed E-state index contributed by atoms with van der Waals surface area (Å²) in [6.07, 6.45) is -4.42. The van der Waals surface area contributed by atoms with Crippen LogP contribution < -0.4 is 10.6 Å². The molecule has 1 unspecified atom stereocenters. The lowest BCUT2D eigenvalue weighted by molar-refractivity contribution is -0.144. The van der Waals surface area contributed by atoms with Gasteiger partial charge in [-0.1, -0.05) is 0 Å². The number of hydrogen-bond donors (Lipinski definition) is 3. The summed E-state index contributed by atoms with van der Waals surface area (Å²) >= 11 is 1.73. The van der Waals surface area contributed by atoms with Crippen molar-refractivity contribution in [3.05, 3.63) is 5.82 Å². The highest BCUT2D eigenvalue weighted by Gasteiger charge is 2.35. The van der Waals surface area contributed by atoms with Crippen molar-refractivity contribution in [1.82, 2.24) is 20.5 Å². The molecule has 0 aromatic carbocycles. The van der Waals surface area contributed by atoms with E-state index >= 15 is 0 Å². The van der Waals surface area contributed by atoms with Crippen LogP contribution in [-0.2, 0) is 11.0 Å². The van der Waals surface area contributed by atoms with E-state index < -0.39 is 17.9 Å². The summed E-state index contributed by atoms with van der Waals surface area (Å²) in [6, 6.07) is 0.0276. The van der Waals surface area contributed by atoms with Gasteiger partial charge in [0.1, 0.15) is 0 Å². The molecule has 2 heterocycles. The summed E-state index contributed by atoms with van der Waals surface area (Å²) in [7, 11) is 0. The van der Waals surface area contributed by atoms with E-state index in [0.717, 1.165) is 18.1 Å². The molecule has 1 atom stereocenters. The van der Waals surface area contributed by atoms with E-state index in [1.165, 1.54) is 0 Å². The van der Waals surface area contributed by atoms with E-state index in [2.05, 4.69) is 20.7 Å². The topological polar surface area (TPSA) is 82.7 Å². The van der Waals surface area contributed by atoms with Crippen molar-refractivity contribution in [2.24, 2.45) is 0 Å². The number of thioether (sulfide) groups is 1. The Morgan fingerprint density at radius 3 is 2.89 bits per heavy atom. The first-order valence-corrected chi connectivity index (χ1v) is 6.71. The fourth-order valence-electron chi connectivity index (χ4n) is 1.59. The van der Waals surface area contributed by atoms with Crippen LogP contribution in [0.5, 0.6) is 0 Å². The number of H-pyrrole nitrogens is 1. The van der Waals surface area contributed by atoms with Crippen LogP contribution in [-0.4, -0.2) is 45.2 Å². The lowest BCUT2D eigenvalue weighted by Crippen LogP contribution is -2.40. The predicted octanol–water partition coefficient (Wildman–Crippen LogP) is 0.857. The maximum atomic E-state index is 12.3. The van der Waals surface area contributed by atoms with E-state index in [-0.39, 0.29) is 18.4 Å². The third kappa shape index (κ3) is 4.10. The highest BCUT2D eigenvalue weighted by atomic mass is 32.2. The minimum Gasteiger partial charge on any atom is -0.312 e. The molecule has 1 saturated heterocycles. The molecule has 2 rings (SSSR count). The second-order valence-corrected chi connectivity index (χ2v) is 5.13. The third-order valence-electron chi connectivity index (χ3n) is 2.44. The molecule has 0 bridgehead atoms. The summed E-state index contributed by atoms with van der Waals surface area (Å²) in [4.78, 5) is 14.8. The first kappa shape index (κ1) is 14.1. The molecule has 1 aliphatic heterocycles. The van der Waals surface area contributed by atoms with E-state index in [4.69, 9.17) is 0 Å². The maximum absolute atomic E-state index is 12.3. The van der Waals surface area contributed by atoms with Crippen LogP contribution >= 0.6 is 11.8 Å². The Morgan fingerprint density at radius 2 is 2.32 bits per heavy atom. The Hall–Kier alpha value is -1.29. The van der Waals surface area contributed by atoms with E-state index in [0.29, 0.717) is 0 Å². The number of aromatic amines is 1. The molecule has 6 nitrogen and oxygen atoms in total. The Bertz CT molecular complexity index is 443. The van der Waals surface area contributed by atoms with Gasteiger partial charge in [0.15, 0.2) is 0 Å². The fourth-order valence-corrected chi connectivity index (χ4v) is 2.54. The zero-order chi connectivity index (χ0) is 13.9. The van der Waals surface area contributed by atoms with Gasteiger partial charge in [-0.3, -0.25) is 15.2 Å². The van der Waals surface area contributed by atoms with Gasteiger partial charge in [-0.15, -0.1) is 5.10 Å². The van der Waals surface area contributed by atoms with Gasteiger partial charge in [0.25, 0.3) is 0 Å². The van der Waals surface area contributed by atoms with Crippen molar-refractivity contribution in [2.75, 3.05) is 23.4 Å². The van der Waals surface area contributed by atoms with E-state index in [1.54, 1.807) is 16.9 Å². The molecular formula is C9H12F3N5OS. The number of anilines is 1. The van der Waals surface area contributed by atoms with E-state index in [1.807, 2.05) is 0 Å². The second kappa shape index (κ2) is 5.78. The molecule has 0 radical (unpaired) electrons. The lowest BCUT2D eigenvalue weighted by Gasteiger charge is -2.22. The molecule has 1 fully saturated rings. The first-order valence-electron chi connectivity index (χ1n) is 5.56. The van der Waals surface area contributed by atoms with Crippen molar-refractivity contribution in [2.45, 2.75) is 18.6 Å². The molecule has 19 heavy (non-hydrogen) atoms. The second-order valence-electron chi connectivity index (χ2n) is 3.98. The molecule has 106 valence electrons. The summed E-state index contributed by atoms with van der Waals surface area (Å²) in [5, 5.41) is 10.4. The average Bonchev–Trinajstić information content (AvgIpc) is 2.78. The molecule has 0 spiro atoms. The predicted molar refractivity (Wildman–Crippen MR) is 63.7 cm³/mol. The Labute approximate surface area is 110 Å². The van der Waals surface area contributed by atoms with Gasteiger partial charge in [0, 0.05) is 30.5 Å². The summed E-state index contributed by atoms with van der Waals surface area (Å²) in [5.74, 6) is -0.203. The van der Waals surface area contributed by atoms with Gasteiger partial charge in [-0.05, 0) is 0 Å². The third-order valence-corrected chi connectivity index (χ3v) is 3.57. The molecule has 1 amide bonds. The molecule has 0 saturated carbocycles. The minimum atomic E-state index is -4.60. The molecule has 3 N–H and O–H groups in total. The zero-order valence-corrected chi connectivity index (χ0v) is 10.6. The van der Waals surface area contributed by atoms with Crippen LogP contribution in [0.25, 0.3) is 0 Å². The van der Waals surface area contributed by atoms with Crippen LogP contribution in [0.15, 0.2) is 0 Å². The van der Waals surface area contributed by atoms with Crippen LogP contribution in [0.1, 0.15) is 12.2 Å². The smallest absolute Gasteiger partial charge is 0.312 e. The summed E-state index contributed by atoms with van der Waals surface area (Å²) in [6.45, 7) is 0.821. The number of nitrogens with one attached hydrogen (secondary N) is 3. The van der Waals surface area contributed by atoms with Crippen LogP contribution in [0.2, 0.25) is 0 Å². The Morgan fingerprint density at radius 1 is 1.53 bits per heavy atom. The largest absolute Gasteiger partial charge is 0.451 e. The number of alkyl halides is 3. The highest BCUT2D eigenvalue weighted by Crippen LogP contribution is 2.26. The molecule has 1 aromatic heterocycles. The number of nitrogens with zero attached hydrogens (tertiary/aromatic N) is 2. The lowest BCUT2D eigenvalue weighted by atomic mass is 10.2. The SMILES string of the molecule is O=C(CC1CSCCN1)Nc1n[nH]c(C(F)(F)F)n1. The average molecular weight is 295 g/mol. The normalized spacial score (nSPS) is 20.3. The highest BCUT2D eigenvalue weighted by molar-refractivity contribution is 7.99. The minimum absolute atomic E-state index is 0.0276. The van der Waals surface area contributed by atoms with E-state index in [9.17, 15) is 18.0 Å². The van der Waals surface area contributed by atoms with Crippen molar-refractivity contribution in [3.63, 3.8) is 0 Å². The van der Waals surface area contributed by atoms with Crippen LogP contribution in [0.4, 0.5) is 19.1 Å². The molecule has 0 aliphatic carbocycles. The van der Waals surface area contributed by atoms with Gasteiger partial charge < -0.3 is 5.32 Å². The maximum Gasteiger partial charge on any atom is 0.451 e. The monoisotopic (exact) mass is 295 g/mol. The summed E-state index contributed by atoms with van der Waals surface area (Å²) in [5.41, 5.74) is 0. The Kier molecular flexibility index (Phi) is 4.30. The molecular weight excluding hydrogens is 283 g/mol. The fraction of sp³-hybridized carbons (Fsp3) is 0.667. The number of amides is 1. The number of aromatic nitrogens is 3. The standard InChI is InChI=1S/C9H12F3N5OS/c10-9(11,12)7-15-8(17-16-7)14-6(18)3-5-4-19-2-1-13-5/h5,13H,1-4H2,(H2,14,15,16,17,18). The van der Waals surface area contributed by atoms with Crippen LogP contribution in [0.3, 0.4) is 0 Å². The van der Waals surface area contributed by atoms with Gasteiger partial charge >= 0.3 is 6.18 Å². The number of hydrogen-bond acceptors (Lipinski definition) is 5.